The first-order valence-electron chi connectivity index (χ1n) is 11.9. The highest BCUT2D eigenvalue weighted by Gasteiger charge is 2.53. The van der Waals surface area contributed by atoms with Crippen LogP contribution in [0, 0.1) is 5.41 Å². The van der Waals surface area contributed by atoms with Gasteiger partial charge in [0.15, 0.2) is 0 Å². The SMILES string of the molecule is CCc1ccccc1NC(=O)CN1CCC2(CC1)CN(S(=O)(=O)c1cccc(Cl)c1)C(C)(C)C2. The van der Waals surface area contributed by atoms with Crippen molar-refractivity contribution in [3.05, 3.63) is 59.1 Å². The molecular formula is C26H34ClN3O3S. The molecule has 0 radical (unpaired) electrons. The van der Waals surface area contributed by atoms with Crippen LogP contribution < -0.4 is 5.32 Å². The number of halogens is 1. The van der Waals surface area contributed by atoms with Gasteiger partial charge in [-0.25, -0.2) is 8.42 Å². The topological polar surface area (TPSA) is 69.7 Å². The number of carbonyl (C=O) groups is 1. The molecule has 0 unspecified atom stereocenters. The second-order valence-electron chi connectivity index (χ2n) is 10.3. The van der Waals surface area contributed by atoms with Crippen molar-refractivity contribution in [3.8, 4) is 0 Å². The summed E-state index contributed by atoms with van der Waals surface area (Å²) in [5.41, 5.74) is 1.45. The Bertz CT molecular complexity index is 1160. The zero-order chi connectivity index (χ0) is 24.6. The van der Waals surface area contributed by atoms with Gasteiger partial charge in [0.1, 0.15) is 0 Å². The summed E-state index contributed by atoms with van der Waals surface area (Å²) in [7, 11) is -3.65. The Labute approximate surface area is 208 Å². The van der Waals surface area contributed by atoms with E-state index in [2.05, 4.69) is 17.1 Å². The molecule has 1 spiro atoms. The van der Waals surface area contributed by atoms with E-state index in [1.54, 1.807) is 22.5 Å². The van der Waals surface area contributed by atoms with E-state index in [-0.39, 0.29) is 16.2 Å². The number of aryl methyl sites for hydroxylation is 1. The van der Waals surface area contributed by atoms with Gasteiger partial charge in [-0.1, -0.05) is 42.8 Å². The van der Waals surface area contributed by atoms with E-state index < -0.39 is 15.6 Å². The molecule has 0 aromatic heterocycles. The summed E-state index contributed by atoms with van der Waals surface area (Å²) >= 11 is 6.08. The molecule has 0 aliphatic carbocycles. The number of anilines is 1. The molecule has 2 aliphatic heterocycles. The minimum absolute atomic E-state index is 0.00578. The van der Waals surface area contributed by atoms with E-state index in [1.165, 1.54) is 6.07 Å². The first kappa shape index (κ1) is 25.2. The first-order valence-corrected chi connectivity index (χ1v) is 13.8. The maximum Gasteiger partial charge on any atom is 0.243 e. The van der Waals surface area contributed by atoms with Crippen molar-refractivity contribution >= 4 is 33.2 Å². The lowest BCUT2D eigenvalue weighted by Crippen LogP contribution is -2.45. The van der Waals surface area contributed by atoms with E-state index in [4.69, 9.17) is 11.6 Å². The maximum atomic E-state index is 13.5. The van der Waals surface area contributed by atoms with E-state index in [0.717, 1.165) is 50.0 Å². The van der Waals surface area contributed by atoms with E-state index in [1.807, 2.05) is 38.1 Å². The Morgan fingerprint density at radius 1 is 1.09 bits per heavy atom. The van der Waals surface area contributed by atoms with E-state index in [9.17, 15) is 13.2 Å². The van der Waals surface area contributed by atoms with Crippen LogP contribution in [-0.4, -0.2) is 55.2 Å². The van der Waals surface area contributed by atoms with Crippen molar-refractivity contribution in [2.24, 2.45) is 5.41 Å². The summed E-state index contributed by atoms with van der Waals surface area (Å²) in [6.07, 6.45) is 3.42. The van der Waals surface area contributed by atoms with Crippen LogP contribution in [0.4, 0.5) is 5.69 Å². The number of nitrogens with zero attached hydrogens (tertiary/aromatic N) is 2. The van der Waals surface area contributed by atoms with Gasteiger partial charge in [-0.05, 0) is 87.9 Å². The van der Waals surface area contributed by atoms with Gasteiger partial charge in [0.25, 0.3) is 0 Å². The lowest BCUT2D eigenvalue weighted by Gasteiger charge is -2.39. The van der Waals surface area contributed by atoms with Gasteiger partial charge in [0.05, 0.1) is 11.4 Å². The van der Waals surface area contributed by atoms with Crippen molar-refractivity contribution in [3.63, 3.8) is 0 Å². The lowest BCUT2D eigenvalue weighted by atomic mass is 9.74. The number of nitrogens with one attached hydrogen (secondary N) is 1. The zero-order valence-electron chi connectivity index (χ0n) is 20.2. The van der Waals surface area contributed by atoms with Gasteiger partial charge in [-0.2, -0.15) is 4.31 Å². The molecule has 0 bridgehead atoms. The number of hydrogen-bond acceptors (Lipinski definition) is 4. The number of benzene rings is 2. The molecule has 8 heteroatoms. The number of carbonyl (C=O) groups excluding carboxylic acids is 1. The second kappa shape index (κ2) is 9.61. The van der Waals surface area contributed by atoms with Crippen molar-refractivity contribution in [1.82, 2.24) is 9.21 Å². The molecule has 6 nitrogen and oxygen atoms in total. The van der Waals surface area contributed by atoms with E-state index in [0.29, 0.717) is 18.1 Å². The van der Waals surface area contributed by atoms with Crippen LogP contribution in [0.3, 0.4) is 0 Å². The standard InChI is InChI=1S/C26H34ClN3O3S/c1-4-20-8-5-6-11-23(20)28-24(31)17-29-14-12-26(13-15-29)18-25(2,3)30(19-26)34(32,33)22-10-7-9-21(27)16-22/h5-11,16H,4,12-15,17-19H2,1-3H3,(H,28,31). The summed E-state index contributed by atoms with van der Waals surface area (Å²) in [6, 6.07) is 14.4. The van der Waals surface area contributed by atoms with Crippen molar-refractivity contribution in [2.45, 2.75) is 56.9 Å². The summed E-state index contributed by atoms with van der Waals surface area (Å²) in [5.74, 6) is -0.00578. The van der Waals surface area contributed by atoms with Crippen LogP contribution >= 0.6 is 11.6 Å². The highest BCUT2D eigenvalue weighted by molar-refractivity contribution is 7.89. The molecule has 2 heterocycles. The molecule has 0 saturated carbocycles. The van der Waals surface area contributed by atoms with Crippen LogP contribution in [0.25, 0.3) is 0 Å². The summed E-state index contributed by atoms with van der Waals surface area (Å²) in [4.78, 5) is 15.1. The number of amides is 1. The summed E-state index contributed by atoms with van der Waals surface area (Å²) < 4.78 is 28.6. The zero-order valence-corrected chi connectivity index (χ0v) is 21.8. The molecule has 1 N–H and O–H groups in total. The van der Waals surface area contributed by atoms with Crippen LogP contribution in [0.15, 0.2) is 53.4 Å². The minimum atomic E-state index is -3.65. The third-order valence-electron chi connectivity index (χ3n) is 7.30. The van der Waals surface area contributed by atoms with Crippen LogP contribution in [0.1, 0.15) is 45.6 Å². The highest BCUT2D eigenvalue weighted by Crippen LogP contribution is 2.49. The predicted octanol–water partition coefficient (Wildman–Crippen LogP) is 4.80. The van der Waals surface area contributed by atoms with Crippen molar-refractivity contribution in [1.29, 1.82) is 0 Å². The number of likely N-dealkylation sites (tertiary alicyclic amines) is 1. The quantitative estimate of drug-likeness (QED) is 0.615. The molecule has 34 heavy (non-hydrogen) atoms. The number of hydrogen-bond donors (Lipinski definition) is 1. The van der Waals surface area contributed by atoms with Crippen LogP contribution in [0.2, 0.25) is 5.02 Å². The van der Waals surface area contributed by atoms with Gasteiger partial charge in [-0.15, -0.1) is 0 Å². The van der Waals surface area contributed by atoms with Gasteiger partial charge >= 0.3 is 0 Å². The maximum absolute atomic E-state index is 13.5. The normalized spacial score (nSPS) is 20.5. The molecule has 2 aromatic carbocycles. The van der Waals surface area contributed by atoms with Crippen LogP contribution in [-0.2, 0) is 21.2 Å². The highest BCUT2D eigenvalue weighted by atomic mass is 35.5. The number of rotatable bonds is 6. The predicted molar refractivity (Wildman–Crippen MR) is 137 cm³/mol. The Hall–Kier alpha value is -1.93. The van der Waals surface area contributed by atoms with Crippen molar-refractivity contribution in [2.75, 3.05) is 31.5 Å². The molecule has 2 saturated heterocycles. The van der Waals surface area contributed by atoms with E-state index >= 15 is 0 Å². The van der Waals surface area contributed by atoms with Crippen molar-refractivity contribution < 1.29 is 13.2 Å². The Balaban J connectivity index is 1.40. The third-order valence-corrected chi connectivity index (χ3v) is 9.59. The fourth-order valence-electron chi connectivity index (χ4n) is 5.61. The molecule has 2 fully saturated rings. The third kappa shape index (κ3) is 5.18. The minimum Gasteiger partial charge on any atom is -0.325 e. The smallest absolute Gasteiger partial charge is 0.243 e. The average Bonchev–Trinajstić information content (AvgIpc) is 3.06. The fourth-order valence-corrected chi connectivity index (χ4v) is 7.80. The van der Waals surface area contributed by atoms with Gasteiger partial charge < -0.3 is 5.32 Å². The molecule has 2 aliphatic rings. The number of sulfonamides is 1. The molecule has 2 aromatic rings. The van der Waals surface area contributed by atoms with Gasteiger partial charge in [0.2, 0.25) is 15.9 Å². The molecule has 4 rings (SSSR count). The Morgan fingerprint density at radius 2 is 1.79 bits per heavy atom. The second-order valence-corrected chi connectivity index (χ2v) is 12.6. The Kier molecular flexibility index (Phi) is 7.11. The molecule has 184 valence electrons. The Morgan fingerprint density at radius 3 is 2.47 bits per heavy atom. The average molecular weight is 504 g/mol. The summed E-state index contributed by atoms with van der Waals surface area (Å²) in [5, 5.41) is 3.47. The monoisotopic (exact) mass is 503 g/mol. The molecule has 0 atom stereocenters. The number of piperidine rings is 1. The largest absolute Gasteiger partial charge is 0.325 e. The summed E-state index contributed by atoms with van der Waals surface area (Å²) in [6.45, 7) is 8.51. The lowest BCUT2D eigenvalue weighted by molar-refractivity contribution is -0.117. The molecule has 1 amide bonds. The number of para-hydroxylation sites is 1. The van der Waals surface area contributed by atoms with Crippen LogP contribution in [0.5, 0.6) is 0 Å². The molecular weight excluding hydrogens is 470 g/mol. The first-order chi connectivity index (χ1) is 16.0. The fraction of sp³-hybridized carbons (Fsp3) is 0.500. The van der Waals surface area contributed by atoms with Gasteiger partial charge in [-0.3, -0.25) is 9.69 Å². The van der Waals surface area contributed by atoms with Gasteiger partial charge in [0, 0.05) is 22.8 Å².